The van der Waals surface area contributed by atoms with Gasteiger partial charge in [-0.3, -0.25) is 10.1 Å². The smallest absolute Gasteiger partial charge is 0.258 e. The molecule has 0 fully saturated rings. The van der Waals surface area contributed by atoms with Gasteiger partial charge < -0.3 is 0 Å². The van der Waals surface area contributed by atoms with Crippen LogP contribution in [0.3, 0.4) is 0 Å². The predicted molar refractivity (Wildman–Crippen MR) is 117 cm³/mol. The van der Waals surface area contributed by atoms with Gasteiger partial charge in [-0.2, -0.15) is 17.9 Å². The van der Waals surface area contributed by atoms with E-state index in [9.17, 15) is 18.5 Å². The lowest BCUT2D eigenvalue weighted by Crippen LogP contribution is -2.27. The van der Waals surface area contributed by atoms with Gasteiger partial charge in [-0.25, -0.2) is 0 Å². The summed E-state index contributed by atoms with van der Waals surface area (Å²) in [5.74, 6) is 0. The molecule has 0 aliphatic carbocycles. The van der Waals surface area contributed by atoms with Gasteiger partial charge in [0.05, 0.1) is 21.6 Å². The van der Waals surface area contributed by atoms with Crippen LogP contribution < -0.4 is 0 Å². The van der Waals surface area contributed by atoms with E-state index >= 15 is 0 Å². The number of sulfonamides is 1. The topological polar surface area (TPSA) is 92.9 Å². The van der Waals surface area contributed by atoms with Crippen LogP contribution in [0.25, 0.3) is 0 Å². The molecule has 1 atom stereocenters. The molecule has 0 radical (unpaired) electrons. The van der Waals surface area contributed by atoms with Crippen molar-refractivity contribution in [1.82, 2.24) is 4.41 Å². The fraction of sp³-hybridized carbons (Fsp3) is 0.0952. The summed E-state index contributed by atoms with van der Waals surface area (Å²) >= 11 is 3.42. The van der Waals surface area contributed by atoms with Crippen molar-refractivity contribution < 1.29 is 13.3 Å². The van der Waals surface area contributed by atoms with Crippen LogP contribution in [0.1, 0.15) is 23.6 Å². The lowest BCUT2D eigenvalue weighted by Gasteiger charge is -2.23. The Morgan fingerprint density at radius 1 is 1.00 bits per heavy atom. The van der Waals surface area contributed by atoms with E-state index in [4.69, 9.17) is 0 Å². The summed E-state index contributed by atoms with van der Waals surface area (Å²) in [5, 5.41) is 15.7. The van der Waals surface area contributed by atoms with Gasteiger partial charge in [0.1, 0.15) is 0 Å². The van der Waals surface area contributed by atoms with Gasteiger partial charge in [0.25, 0.3) is 15.7 Å². The third-order valence-corrected chi connectivity index (χ3v) is 6.97. The molecule has 0 aromatic heterocycles. The summed E-state index contributed by atoms with van der Waals surface area (Å²) in [6, 6.07) is 20.8. The Morgan fingerprint density at radius 2 is 1.73 bits per heavy atom. The van der Waals surface area contributed by atoms with Crippen LogP contribution in [0.5, 0.6) is 0 Å². The van der Waals surface area contributed by atoms with Gasteiger partial charge in [-0.1, -0.05) is 58.4 Å². The molecule has 0 bridgehead atoms. The molecule has 3 aromatic rings. The molecule has 0 N–H and O–H groups in total. The Balaban J connectivity index is 1.83. The summed E-state index contributed by atoms with van der Waals surface area (Å²) in [4.78, 5) is 10.8. The first-order valence-corrected chi connectivity index (χ1v) is 11.3. The highest BCUT2D eigenvalue weighted by Crippen LogP contribution is 2.38. The molecule has 0 saturated heterocycles. The Morgan fingerprint density at radius 3 is 2.43 bits per heavy atom. The molecule has 0 amide bonds. The number of hydrazone groups is 1. The summed E-state index contributed by atoms with van der Waals surface area (Å²) in [7, 11) is -3.96. The van der Waals surface area contributed by atoms with Gasteiger partial charge in [-0.15, -0.1) is 0 Å². The van der Waals surface area contributed by atoms with E-state index in [0.29, 0.717) is 17.7 Å². The second-order valence-corrected chi connectivity index (χ2v) is 9.43. The SMILES string of the molecule is O=[N+]([O-])c1cccc(C2CC(c3cccc(Br)c3)=NN2S(=O)(=O)c2ccccc2)c1. The minimum atomic E-state index is -3.96. The van der Waals surface area contributed by atoms with Gasteiger partial charge in [0, 0.05) is 23.0 Å². The van der Waals surface area contributed by atoms with Gasteiger partial charge >= 0.3 is 0 Å². The molecule has 9 heteroatoms. The third kappa shape index (κ3) is 3.86. The maximum Gasteiger partial charge on any atom is 0.279 e. The standard InChI is InChI=1S/C21H16BrN3O4S/c22-17-8-4-6-15(12-17)20-14-21(16-7-5-9-18(13-16)25(26)27)24(23-20)30(28,29)19-10-2-1-3-11-19/h1-13,21H,14H2. The summed E-state index contributed by atoms with van der Waals surface area (Å²) in [6.45, 7) is 0. The molecule has 0 saturated carbocycles. The maximum atomic E-state index is 13.4. The van der Waals surface area contributed by atoms with Crippen molar-refractivity contribution >= 4 is 37.4 Å². The quantitative estimate of drug-likeness (QED) is 0.379. The van der Waals surface area contributed by atoms with Gasteiger partial charge in [0.2, 0.25) is 0 Å². The number of nitrogens with zero attached hydrogens (tertiary/aromatic N) is 3. The van der Waals surface area contributed by atoms with Crippen LogP contribution in [0.15, 0.2) is 93.3 Å². The van der Waals surface area contributed by atoms with Crippen LogP contribution in [-0.2, 0) is 10.0 Å². The number of rotatable bonds is 5. The molecular weight excluding hydrogens is 470 g/mol. The van der Waals surface area contributed by atoms with Crippen LogP contribution >= 0.6 is 15.9 Å². The van der Waals surface area contributed by atoms with Crippen molar-refractivity contribution in [2.75, 3.05) is 0 Å². The third-order valence-electron chi connectivity index (χ3n) is 4.78. The van der Waals surface area contributed by atoms with Crippen molar-refractivity contribution in [3.8, 4) is 0 Å². The van der Waals surface area contributed by atoms with Crippen LogP contribution in [0.2, 0.25) is 0 Å². The molecule has 30 heavy (non-hydrogen) atoms. The van der Waals surface area contributed by atoms with Crippen LogP contribution in [0, 0.1) is 10.1 Å². The van der Waals surface area contributed by atoms with E-state index in [-0.39, 0.29) is 10.6 Å². The van der Waals surface area contributed by atoms with E-state index in [0.717, 1.165) is 14.5 Å². The van der Waals surface area contributed by atoms with Crippen LogP contribution in [0.4, 0.5) is 5.69 Å². The maximum absolute atomic E-state index is 13.4. The minimum Gasteiger partial charge on any atom is -0.258 e. The number of benzene rings is 3. The van der Waals surface area contributed by atoms with Crippen molar-refractivity contribution in [3.63, 3.8) is 0 Å². The highest BCUT2D eigenvalue weighted by molar-refractivity contribution is 9.10. The fourth-order valence-electron chi connectivity index (χ4n) is 3.35. The van der Waals surface area contributed by atoms with Crippen molar-refractivity contribution in [2.24, 2.45) is 5.10 Å². The molecule has 152 valence electrons. The number of non-ortho nitro benzene ring substituents is 1. The number of nitro groups is 1. The highest BCUT2D eigenvalue weighted by atomic mass is 79.9. The zero-order valence-electron chi connectivity index (χ0n) is 15.6. The molecule has 3 aromatic carbocycles. The lowest BCUT2D eigenvalue weighted by molar-refractivity contribution is -0.384. The number of halogens is 1. The summed E-state index contributed by atoms with van der Waals surface area (Å²) < 4.78 is 28.6. The molecule has 1 aliphatic heterocycles. The Labute approximate surface area is 182 Å². The number of hydrogen-bond donors (Lipinski definition) is 0. The van der Waals surface area contributed by atoms with Crippen LogP contribution in [-0.4, -0.2) is 23.5 Å². The zero-order chi connectivity index (χ0) is 21.3. The second kappa shape index (κ2) is 8.00. The van der Waals surface area contributed by atoms with Crippen molar-refractivity contribution in [3.05, 3.63) is 105 Å². The zero-order valence-corrected chi connectivity index (χ0v) is 18.0. The first kappa shape index (κ1) is 20.2. The van der Waals surface area contributed by atoms with E-state index < -0.39 is 21.0 Å². The Bertz CT molecular complexity index is 1250. The normalized spacial score (nSPS) is 16.4. The largest absolute Gasteiger partial charge is 0.279 e. The van der Waals surface area contributed by atoms with E-state index in [1.54, 1.807) is 30.3 Å². The second-order valence-electron chi connectivity index (χ2n) is 6.72. The molecule has 1 unspecified atom stereocenters. The van der Waals surface area contributed by atoms with E-state index in [1.165, 1.54) is 24.3 Å². The molecular formula is C21H16BrN3O4S. The Hall–Kier alpha value is -3.04. The van der Waals surface area contributed by atoms with Crippen molar-refractivity contribution in [1.29, 1.82) is 0 Å². The average Bonchev–Trinajstić information content (AvgIpc) is 3.21. The highest BCUT2D eigenvalue weighted by Gasteiger charge is 2.38. The number of nitro benzene ring substituents is 1. The van der Waals surface area contributed by atoms with Crippen molar-refractivity contribution in [2.45, 2.75) is 17.4 Å². The first-order valence-electron chi connectivity index (χ1n) is 9.03. The molecule has 1 aliphatic rings. The summed E-state index contributed by atoms with van der Waals surface area (Å²) in [5.41, 5.74) is 1.79. The minimum absolute atomic E-state index is 0.0968. The lowest BCUT2D eigenvalue weighted by atomic mass is 9.99. The van der Waals surface area contributed by atoms with E-state index in [2.05, 4.69) is 21.0 Å². The average molecular weight is 486 g/mol. The molecule has 1 heterocycles. The van der Waals surface area contributed by atoms with Gasteiger partial charge in [0.15, 0.2) is 0 Å². The monoisotopic (exact) mass is 485 g/mol. The van der Waals surface area contributed by atoms with Gasteiger partial charge in [-0.05, 0) is 35.4 Å². The fourth-order valence-corrected chi connectivity index (χ4v) is 5.20. The predicted octanol–water partition coefficient (Wildman–Crippen LogP) is 4.90. The summed E-state index contributed by atoms with van der Waals surface area (Å²) in [6.07, 6.45) is 0.295. The van der Waals surface area contributed by atoms with E-state index in [1.807, 2.05) is 24.3 Å². The first-order chi connectivity index (χ1) is 14.4. The molecule has 4 rings (SSSR count). The number of hydrogen-bond acceptors (Lipinski definition) is 5. The molecule has 0 spiro atoms. The Kier molecular flexibility index (Phi) is 5.40. The molecule has 7 nitrogen and oxygen atoms in total.